The fourth-order valence-corrected chi connectivity index (χ4v) is 3.57. The summed E-state index contributed by atoms with van der Waals surface area (Å²) in [4.78, 5) is 18.1. The highest BCUT2D eigenvalue weighted by atomic mass is 32.1. The zero-order chi connectivity index (χ0) is 16.1. The molecule has 23 heavy (non-hydrogen) atoms. The predicted octanol–water partition coefficient (Wildman–Crippen LogP) is 1.58. The number of anilines is 1. The molecule has 3 rings (SSSR count). The number of aromatic amines is 1. The van der Waals surface area contributed by atoms with Crippen molar-refractivity contribution in [2.24, 2.45) is 0 Å². The number of nitrogens with zero attached hydrogens (tertiary/aromatic N) is 3. The van der Waals surface area contributed by atoms with Crippen molar-refractivity contribution < 1.29 is 4.79 Å². The maximum absolute atomic E-state index is 12.0. The Hall–Kier alpha value is -1.90. The summed E-state index contributed by atoms with van der Waals surface area (Å²) in [6.45, 7) is 4.74. The molecule has 1 aliphatic heterocycles. The van der Waals surface area contributed by atoms with Gasteiger partial charge in [-0.05, 0) is 18.5 Å². The van der Waals surface area contributed by atoms with Crippen LogP contribution < -0.4 is 10.6 Å². The van der Waals surface area contributed by atoms with Crippen LogP contribution in [0.3, 0.4) is 0 Å². The molecule has 0 saturated carbocycles. The van der Waals surface area contributed by atoms with Crippen molar-refractivity contribution in [2.75, 3.05) is 45.1 Å². The average molecular weight is 334 g/mol. The average Bonchev–Trinajstić information content (AvgIpc) is 3.23. The van der Waals surface area contributed by atoms with E-state index in [1.165, 1.54) is 4.88 Å². The third-order valence-corrected chi connectivity index (χ3v) is 5.04. The van der Waals surface area contributed by atoms with Gasteiger partial charge in [0, 0.05) is 43.8 Å². The summed E-state index contributed by atoms with van der Waals surface area (Å²) in [6.07, 6.45) is 3.23. The van der Waals surface area contributed by atoms with Crippen molar-refractivity contribution in [2.45, 2.75) is 6.04 Å². The van der Waals surface area contributed by atoms with Crippen molar-refractivity contribution in [3.63, 3.8) is 0 Å². The third kappa shape index (κ3) is 4.31. The highest BCUT2D eigenvalue weighted by Crippen LogP contribution is 2.25. The van der Waals surface area contributed by atoms with E-state index in [1.54, 1.807) is 23.7 Å². The number of H-pyrrole nitrogens is 1. The van der Waals surface area contributed by atoms with E-state index in [2.05, 4.69) is 55.2 Å². The molecule has 3 N–H and O–H groups in total. The largest absolute Gasteiger partial charge is 0.336 e. The Bertz CT molecular complexity index is 592. The van der Waals surface area contributed by atoms with Crippen molar-refractivity contribution in [1.29, 1.82) is 0 Å². The molecule has 2 aromatic heterocycles. The molecule has 0 bridgehead atoms. The quantitative estimate of drug-likeness (QED) is 0.776. The van der Waals surface area contributed by atoms with E-state index in [4.69, 9.17) is 0 Å². The van der Waals surface area contributed by atoms with Gasteiger partial charge in [0.25, 0.3) is 0 Å². The van der Waals surface area contributed by atoms with E-state index in [0.29, 0.717) is 12.2 Å². The molecule has 0 radical (unpaired) electrons. The summed E-state index contributed by atoms with van der Waals surface area (Å²) >= 11 is 1.74. The second-order valence-electron chi connectivity index (χ2n) is 5.69. The van der Waals surface area contributed by atoms with Gasteiger partial charge in [0.15, 0.2) is 0 Å². The van der Waals surface area contributed by atoms with E-state index in [-0.39, 0.29) is 12.1 Å². The maximum Gasteiger partial charge on any atom is 0.319 e. The first-order chi connectivity index (χ1) is 11.2. The molecule has 0 spiro atoms. The number of likely N-dealkylation sites (N-methyl/N-ethyl adjacent to an activating group) is 1. The molecule has 7 nitrogen and oxygen atoms in total. The van der Waals surface area contributed by atoms with Gasteiger partial charge >= 0.3 is 6.03 Å². The Labute approximate surface area is 139 Å². The Kier molecular flexibility index (Phi) is 5.27. The third-order valence-electron chi connectivity index (χ3n) is 4.06. The Morgan fingerprint density at radius 2 is 2.26 bits per heavy atom. The Morgan fingerprint density at radius 3 is 2.91 bits per heavy atom. The summed E-state index contributed by atoms with van der Waals surface area (Å²) in [6, 6.07) is 4.22. The lowest BCUT2D eigenvalue weighted by molar-refractivity contribution is 0.113. The van der Waals surface area contributed by atoms with Gasteiger partial charge in [-0.1, -0.05) is 6.07 Å². The molecule has 0 aromatic carbocycles. The normalized spacial score (nSPS) is 17.8. The minimum Gasteiger partial charge on any atom is -0.336 e. The fourth-order valence-electron chi connectivity index (χ4n) is 2.71. The molecular weight excluding hydrogens is 312 g/mol. The van der Waals surface area contributed by atoms with Gasteiger partial charge < -0.3 is 15.5 Å². The number of hydrogen-bond acceptors (Lipinski definition) is 5. The van der Waals surface area contributed by atoms with Gasteiger partial charge in [0.2, 0.25) is 0 Å². The van der Waals surface area contributed by atoms with Crippen LogP contribution in [-0.2, 0) is 0 Å². The van der Waals surface area contributed by atoms with Crippen LogP contribution in [0.4, 0.5) is 10.5 Å². The minimum absolute atomic E-state index is 0.206. The molecule has 1 aliphatic rings. The number of aromatic nitrogens is 2. The number of hydrogen-bond donors (Lipinski definition) is 3. The highest BCUT2D eigenvalue weighted by molar-refractivity contribution is 7.10. The molecule has 0 aliphatic carbocycles. The van der Waals surface area contributed by atoms with Crippen LogP contribution in [0.15, 0.2) is 29.9 Å². The summed E-state index contributed by atoms with van der Waals surface area (Å²) in [5.41, 5.74) is 0.662. The van der Waals surface area contributed by atoms with E-state index < -0.39 is 0 Å². The van der Waals surface area contributed by atoms with E-state index in [9.17, 15) is 4.79 Å². The first-order valence-electron chi connectivity index (χ1n) is 7.72. The summed E-state index contributed by atoms with van der Waals surface area (Å²) in [5.74, 6) is 0. The van der Waals surface area contributed by atoms with Crippen LogP contribution in [0.5, 0.6) is 0 Å². The lowest BCUT2D eigenvalue weighted by Gasteiger charge is -2.37. The van der Waals surface area contributed by atoms with Crippen molar-refractivity contribution in [1.82, 2.24) is 25.3 Å². The van der Waals surface area contributed by atoms with Crippen LogP contribution in [0, 0.1) is 0 Å². The second-order valence-corrected chi connectivity index (χ2v) is 6.67. The van der Waals surface area contributed by atoms with Crippen molar-refractivity contribution in [3.05, 3.63) is 34.8 Å². The molecule has 1 saturated heterocycles. The van der Waals surface area contributed by atoms with Crippen LogP contribution in [0.1, 0.15) is 10.9 Å². The molecule has 1 fully saturated rings. The fraction of sp³-hybridized carbons (Fsp3) is 0.467. The van der Waals surface area contributed by atoms with Gasteiger partial charge in [-0.2, -0.15) is 5.10 Å². The molecule has 0 unspecified atom stereocenters. The van der Waals surface area contributed by atoms with Gasteiger partial charge in [-0.25, -0.2) is 4.79 Å². The Balaban J connectivity index is 1.59. The number of carbonyl (C=O) groups excluding carboxylic acids is 1. The summed E-state index contributed by atoms with van der Waals surface area (Å²) < 4.78 is 0. The standard InChI is InChI=1S/C15H22N6OS/c1-20-4-6-21(7-5-20)13(14-3-2-8-23-14)11-16-15(22)19-12-9-17-18-10-12/h2-3,8-10,13H,4-7,11H2,1H3,(H,17,18)(H2,16,19,22)/t13-/m1/s1. The zero-order valence-corrected chi connectivity index (χ0v) is 14.0. The summed E-state index contributed by atoms with van der Waals surface area (Å²) in [5, 5.41) is 14.3. The number of carbonyl (C=O) groups is 1. The molecule has 8 heteroatoms. The van der Waals surface area contributed by atoms with E-state index in [1.807, 2.05) is 0 Å². The number of amides is 2. The second kappa shape index (κ2) is 7.58. The lowest BCUT2D eigenvalue weighted by Crippen LogP contribution is -2.48. The van der Waals surface area contributed by atoms with Crippen LogP contribution in [-0.4, -0.2) is 65.8 Å². The number of thiophene rings is 1. The van der Waals surface area contributed by atoms with Gasteiger partial charge in [0.1, 0.15) is 0 Å². The van der Waals surface area contributed by atoms with Gasteiger partial charge in [-0.15, -0.1) is 11.3 Å². The van der Waals surface area contributed by atoms with Crippen LogP contribution >= 0.6 is 11.3 Å². The highest BCUT2D eigenvalue weighted by Gasteiger charge is 2.25. The smallest absolute Gasteiger partial charge is 0.319 e. The molecule has 2 amide bonds. The molecule has 2 aromatic rings. The molecule has 1 atom stereocenters. The monoisotopic (exact) mass is 334 g/mol. The lowest BCUT2D eigenvalue weighted by atomic mass is 10.1. The minimum atomic E-state index is -0.206. The van der Waals surface area contributed by atoms with Crippen LogP contribution in [0.25, 0.3) is 0 Å². The SMILES string of the molecule is CN1CCN([C@H](CNC(=O)Nc2cn[nH]c2)c2cccs2)CC1. The predicted molar refractivity (Wildman–Crippen MR) is 91.7 cm³/mol. The zero-order valence-electron chi connectivity index (χ0n) is 13.2. The van der Waals surface area contributed by atoms with Crippen molar-refractivity contribution in [3.8, 4) is 0 Å². The topological polar surface area (TPSA) is 76.3 Å². The molecule has 124 valence electrons. The van der Waals surface area contributed by atoms with Crippen LogP contribution in [0.2, 0.25) is 0 Å². The first kappa shape index (κ1) is 16.0. The first-order valence-corrected chi connectivity index (χ1v) is 8.60. The van der Waals surface area contributed by atoms with E-state index >= 15 is 0 Å². The number of nitrogens with one attached hydrogen (secondary N) is 3. The van der Waals surface area contributed by atoms with Gasteiger partial charge in [-0.3, -0.25) is 10.00 Å². The number of piperazine rings is 1. The van der Waals surface area contributed by atoms with E-state index in [0.717, 1.165) is 26.2 Å². The Morgan fingerprint density at radius 1 is 1.43 bits per heavy atom. The molecule has 3 heterocycles. The number of urea groups is 1. The molecular formula is C15H22N6OS. The summed E-state index contributed by atoms with van der Waals surface area (Å²) in [7, 11) is 2.15. The van der Waals surface area contributed by atoms with Gasteiger partial charge in [0.05, 0.1) is 17.9 Å². The number of rotatable bonds is 5. The maximum atomic E-state index is 12.0. The van der Waals surface area contributed by atoms with Crippen molar-refractivity contribution >= 4 is 23.1 Å².